The zero-order chi connectivity index (χ0) is 10.7. The minimum absolute atomic E-state index is 0.144. The molecule has 76 valence electrons. The van der Waals surface area contributed by atoms with E-state index in [1.54, 1.807) is 25.1 Å². The maximum atomic E-state index is 11.0. The van der Waals surface area contributed by atoms with E-state index in [9.17, 15) is 4.79 Å². The number of nitrogens with two attached hydrogens (primary N) is 1. The van der Waals surface area contributed by atoms with Crippen molar-refractivity contribution < 1.29 is 14.6 Å². The molecular weight excluding hydrogens is 182 g/mol. The zero-order valence-electron chi connectivity index (χ0n) is 8.15. The Morgan fingerprint density at radius 1 is 1.57 bits per heavy atom. The number of rotatable bonds is 3. The van der Waals surface area contributed by atoms with Gasteiger partial charge in [0.25, 0.3) is 0 Å². The van der Waals surface area contributed by atoms with Gasteiger partial charge in [0, 0.05) is 6.04 Å². The van der Waals surface area contributed by atoms with Crippen molar-refractivity contribution in [2.24, 2.45) is 5.73 Å². The highest BCUT2D eigenvalue weighted by atomic mass is 16.5. The fourth-order valence-corrected chi connectivity index (χ4v) is 1.33. The van der Waals surface area contributed by atoms with Gasteiger partial charge in [0.05, 0.1) is 7.11 Å². The van der Waals surface area contributed by atoms with E-state index in [1.165, 1.54) is 7.11 Å². The molecule has 4 heteroatoms. The number of carboxylic acid groups (broad SMARTS) is 1. The zero-order valence-corrected chi connectivity index (χ0v) is 8.15. The Bertz CT molecular complexity index is 347. The smallest absolute Gasteiger partial charge is 0.339 e. The molecule has 1 aromatic carbocycles. The van der Waals surface area contributed by atoms with Crippen LogP contribution in [0.1, 0.15) is 28.9 Å². The summed E-state index contributed by atoms with van der Waals surface area (Å²) < 4.78 is 4.96. The summed E-state index contributed by atoms with van der Waals surface area (Å²) in [7, 11) is 1.44. The van der Waals surface area contributed by atoms with Gasteiger partial charge in [-0.15, -0.1) is 0 Å². The summed E-state index contributed by atoms with van der Waals surface area (Å²) in [5.41, 5.74) is 6.38. The minimum Gasteiger partial charge on any atom is -0.496 e. The Kier molecular flexibility index (Phi) is 3.09. The molecule has 1 rings (SSSR count). The van der Waals surface area contributed by atoms with Gasteiger partial charge in [-0.1, -0.05) is 12.1 Å². The number of hydrogen-bond donors (Lipinski definition) is 2. The lowest BCUT2D eigenvalue weighted by Crippen LogP contribution is -2.12. The average Bonchev–Trinajstić information content (AvgIpc) is 2.16. The van der Waals surface area contributed by atoms with Crippen LogP contribution in [0, 0.1) is 0 Å². The normalized spacial score (nSPS) is 12.2. The first kappa shape index (κ1) is 10.5. The molecule has 0 saturated heterocycles. The van der Waals surface area contributed by atoms with Crippen LogP contribution in [-0.2, 0) is 0 Å². The molecule has 0 aromatic heterocycles. The molecule has 3 N–H and O–H groups in total. The number of aromatic carboxylic acids is 1. The van der Waals surface area contributed by atoms with Gasteiger partial charge in [0.2, 0.25) is 0 Å². The van der Waals surface area contributed by atoms with Gasteiger partial charge in [-0.05, 0) is 18.6 Å². The van der Waals surface area contributed by atoms with Crippen LogP contribution in [0.15, 0.2) is 18.2 Å². The van der Waals surface area contributed by atoms with Crippen molar-refractivity contribution >= 4 is 5.97 Å². The molecule has 0 radical (unpaired) electrons. The Balaban J connectivity index is 3.35. The van der Waals surface area contributed by atoms with Gasteiger partial charge in [-0.25, -0.2) is 4.79 Å². The lowest BCUT2D eigenvalue weighted by molar-refractivity contribution is 0.0691. The van der Waals surface area contributed by atoms with Crippen molar-refractivity contribution in [1.29, 1.82) is 0 Å². The Morgan fingerprint density at radius 3 is 2.64 bits per heavy atom. The minimum atomic E-state index is -1.02. The summed E-state index contributed by atoms with van der Waals surface area (Å²) in [5.74, 6) is -0.679. The fraction of sp³-hybridized carbons (Fsp3) is 0.300. The lowest BCUT2D eigenvalue weighted by atomic mass is 10.0. The van der Waals surface area contributed by atoms with Gasteiger partial charge in [-0.3, -0.25) is 0 Å². The first-order valence-corrected chi connectivity index (χ1v) is 4.23. The van der Waals surface area contributed by atoms with E-state index in [-0.39, 0.29) is 11.6 Å². The molecule has 0 aliphatic heterocycles. The summed E-state index contributed by atoms with van der Waals surface area (Å²) >= 11 is 0. The highest BCUT2D eigenvalue weighted by molar-refractivity contribution is 5.92. The maximum absolute atomic E-state index is 11.0. The van der Waals surface area contributed by atoms with Gasteiger partial charge < -0.3 is 15.6 Å². The molecular formula is C10H13NO3. The summed E-state index contributed by atoms with van der Waals surface area (Å²) in [6, 6.07) is 4.70. The molecule has 0 bridgehead atoms. The van der Waals surface area contributed by atoms with Crippen LogP contribution in [0.5, 0.6) is 5.75 Å². The van der Waals surface area contributed by atoms with Crippen molar-refractivity contribution in [2.75, 3.05) is 7.11 Å². The number of methoxy groups -OCH3 is 1. The third-order valence-electron chi connectivity index (χ3n) is 1.98. The Hall–Kier alpha value is -1.55. The van der Waals surface area contributed by atoms with Gasteiger partial charge in [-0.2, -0.15) is 0 Å². The number of benzene rings is 1. The van der Waals surface area contributed by atoms with Gasteiger partial charge in [0.15, 0.2) is 0 Å². The van der Waals surface area contributed by atoms with E-state index in [4.69, 9.17) is 15.6 Å². The molecule has 1 atom stereocenters. The van der Waals surface area contributed by atoms with Crippen LogP contribution in [-0.4, -0.2) is 18.2 Å². The number of carboxylic acids is 1. The molecule has 1 aromatic rings. The van der Waals surface area contributed by atoms with Crippen molar-refractivity contribution in [3.63, 3.8) is 0 Å². The monoisotopic (exact) mass is 195 g/mol. The number of carbonyl (C=O) groups is 1. The summed E-state index contributed by atoms with van der Waals surface area (Å²) in [6.45, 7) is 1.74. The molecule has 0 fully saturated rings. The number of ether oxygens (including phenoxy) is 1. The van der Waals surface area contributed by atoms with Crippen LogP contribution >= 0.6 is 0 Å². The average molecular weight is 195 g/mol. The standard InChI is InChI=1S/C10H13NO3/c1-6(11)7-4-3-5-8(14-2)9(7)10(12)13/h3-6H,11H2,1-2H3,(H,12,13)/t6-/m1/s1. The predicted molar refractivity (Wildman–Crippen MR) is 52.6 cm³/mol. The Labute approximate surface area is 82.3 Å². The molecule has 0 saturated carbocycles. The van der Waals surface area contributed by atoms with E-state index < -0.39 is 5.97 Å². The number of hydrogen-bond acceptors (Lipinski definition) is 3. The largest absolute Gasteiger partial charge is 0.496 e. The van der Waals surface area contributed by atoms with Crippen molar-refractivity contribution in [3.05, 3.63) is 29.3 Å². The van der Waals surface area contributed by atoms with E-state index >= 15 is 0 Å². The van der Waals surface area contributed by atoms with E-state index in [1.807, 2.05) is 0 Å². The Morgan fingerprint density at radius 2 is 2.21 bits per heavy atom. The molecule has 0 aliphatic rings. The van der Waals surface area contributed by atoms with Crippen LogP contribution < -0.4 is 10.5 Å². The third-order valence-corrected chi connectivity index (χ3v) is 1.98. The van der Waals surface area contributed by atoms with Crippen molar-refractivity contribution in [3.8, 4) is 5.75 Å². The molecule has 0 amide bonds. The summed E-state index contributed by atoms with van der Waals surface area (Å²) in [6.07, 6.45) is 0. The first-order chi connectivity index (χ1) is 6.57. The molecule has 0 spiro atoms. The SMILES string of the molecule is COc1cccc([C@@H](C)N)c1C(=O)O. The van der Waals surface area contributed by atoms with E-state index in [0.717, 1.165) is 0 Å². The lowest BCUT2D eigenvalue weighted by Gasteiger charge is -2.12. The second-order valence-electron chi connectivity index (χ2n) is 3.02. The topological polar surface area (TPSA) is 72.5 Å². The highest BCUT2D eigenvalue weighted by Gasteiger charge is 2.17. The maximum Gasteiger partial charge on any atom is 0.339 e. The summed E-state index contributed by atoms with van der Waals surface area (Å²) in [4.78, 5) is 11.0. The van der Waals surface area contributed by atoms with Crippen LogP contribution in [0.3, 0.4) is 0 Å². The molecule has 0 unspecified atom stereocenters. The second-order valence-corrected chi connectivity index (χ2v) is 3.02. The fourth-order valence-electron chi connectivity index (χ4n) is 1.33. The van der Waals surface area contributed by atoms with Crippen molar-refractivity contribution in [1.82, 2.24) is 0 Å². The quantitative estimate of drug-likeness (QED) is 0.764. The molecule has 4 nitrogen and oxygen atoms in total. The first-order valence-electron chi connectivity index (χ1n) is 4.23. The van der Waals surface area contributed by atoms with E-state index in [0.29, 0.717) is 11.3 Å². The molecule has 14 heavy (non-hydrogen) atoms. The predicted octanol–water partition coefficient (Wildman–Crippen LogP) is 1.41. The van der Waals surface area contributed by atoms with Crippen LogP contribution in [0.2, 0.25) is 0 Å². The van der Waals surface area contributed by atoms with Crippen LogP contribution in [0.25, 0.3) is 0 Å². The van der Waals surface area contributed by atoms with Crippen LogP contribution in [0.4, 0.5) is 0 Å². The van der Waals surface area contributed by atoms with Gasteiger partial charge >= 0.3 is 5.97 Å². The summed E-state index contributed by atoms with van der Waals surface area (Å²) in [5, 5.41) is 8.99. The van der Waals surface area contributed by atoms with Crippen molar-refractivity contribution in [2.45, 2.75) is 13.0 Å². The van der Waals surface area contributed by atoms with E-state index in [2.05, 4.69) is 0 Å². The van der Waals surface area contributed by atoms with Gasteiger partial charge in [0.1, 0.15) is 11.3 Å². The molecule has 0 heterocycles. The third kappa shape index (κ3) is 1.85. The molecule has 0 aliphatic carbocycles. The second kappa shape index (κ2) is 4.11. The highest BCUT2D eigenvalue weighted by Crippen LogP contribution is 2.25.